The second kappa shape index (κ2) is 9.39. The van der Waals surface area contributed by atoms with E-state index in [1.165, 1.54) is 0 Å². The third-order valence-corrected chi connectivity index (χ3v) is 4.89. The largest absolute Gasteiger partial charge is 0.497 e. The number of hydrogen-bond donors (Lipinski definition) is 0. The fourth-order valence-corrected chi connectivity index (χ4v) is 3.34. The number of ether oxygens (including phenoxy) is 4. The van der Waals surface area contributed by atoms with Gasteiger partial charge in [0.1, 0.15) is 23.0 Å². The van der Waals surface area contributed by atoms with Crippen molar-refractivity contribution in [1.82, 2.24) is 0 Å². The van der Waals surface area contributed by atoms with Crippen LogP contribution in [-0.2, 0) is 11.2 Å². The average Bonchev–Trinajstić information content (AvgIpc) is 3.10. The summed E-state index contributed by atoms with van der Waals surface area (Å²) in [7, 11) is 1.59. The topological polar surface area (TPSA) is 71.1 Å². The van der Waals surface area contributed by atoms with Crippen molar-refractivity contribution in [2.24, 2.45) is 0 Å². The molecule has 4 rings (SSSR count). The summed E-state index contributed by atoms with van der Waals surface area (Å²) in [5.74, 6) is 1.59. The molecule has 6 heteroatoms. The molecule has 0 unspecified atom stereocenters. The van der Waals surface area contributed by atoms with E-state index < -0.39 is 5.97 Å². The van der Waals surface area contributed by atoms with Crippen LogP contribution in [0.1, 0.15) is 28.4 Å². The Bertz CT molecular complexity index is 1180. The number of ketones is 1. The molecule has 0 spiro atoms. The molecule has 0 saturated heterocycles. The van der Waals surface area contributed by atoms with E-state index in [1.54, 1.807) is 43.5 Å². The molecule has 0 aliphatic carbocycles. The Kier molecular flexibility index (Phi) is 6.22. The number of benzene rings is 3. The smallest absolute Gasteiger partial charge is 0.315 e. The molecule has 0 saturated carbocycles. The minimum Gasteiger partial charge on any atom is -0.497 e. The average molecular weight is 430 g/mol. The van der Waals surface area contributed by atoms with Gasteiger partial charge in [-0.3, -0.25) is 9.59 Å². The molecule has 0 bridgehead atoms. The first kappa shape index (κ1) is 21.2. The number of fused-ring (bicyclic) bond motifs is 1. The van der Waals surface area contributed by atoms with Crippen LogP contribution in [-0.4, -0.2) is 25.5 Å². The molecule has 3 aromatic carbocycles. The van der Waals surface area contributed by atoms with Crippen LogP contribution in [0, 0.1) is 0 Å². The molecule has 0 aromatic heterocycles. The molecular weight excluding hydrogens is 408 g/mol. The summed E-state index contributed by atoms with van der Waals surface area (Å²) in [5.41, 5.74) is 1.97. The molecule has 0 amide bonds. The monoisotopic (exact) mass is 430 g/mol. The van der Waals surface area contributed by atoms with Crippen LogP contribution >= 0.6 is 0 Å². The molecule has 0 N–H and O–H groups in total. The van der Waals surface area contributed by atoms with Crippen LogP contribution in [0.3, 0.4) is 0 Å². The second-order valence-electron chi connectivity index (χ2n) is 7.07. The number of methoxy groups -OCH3 is 1. The summed E-state index contributed by atoms with van der Waals surface area (Å²) in [6.45, 7) is 2.41. The normalized spacial score (nSPS) is 13.4. The number of carbonyl (C=O) groups is 2. The van der Waals surface area contributed by atoms with Crippen LogP contribution in [0.25, 0.3) is 6.08 Å². The van der Waals surface area contributed by atoms with Crippen molar-refractivity contribution in [3.63, 3.8) is 0 Å². The van der Waals surface area contributed by atoms with Gasteiger partial charge < -0.3 is 18.9 Å². The standard InChI is InChI=1S/C26H22O6/c1-3-30-22-7-5-4-6-18(22)15-24-26(28)21-13-12-20(16-23(21)32-24)31-25(27)14-17-8-10-19(29-2)11-9-17/h4-13,15-16H,3,14H2,1-2H3/b24-15-. The van der Waals surface area contributed by atoms with Gasteiger partial charge in [0.15, 0.2) is 5.76 Å². The Balaban J connectivity index is 1.47. The molecule has 1 heterocycles. The Hall–Kier alpha value is -4.06. The molecule has 0 radical (unpaired) electrons. The van der Waals surface area contributed by atoms with E-state index in [9.17, 15) is 9.59 Å². The molecular formula is C26H22O6. The summed E-state index contributed by atoms with van der Waals surface area (Å²) >= 11 is 0. The number of esters is 1. The van der Waals surface area contributed by atoms with E-state index in [0.29, 0.717) is 29.4 Å². The van der Waals surface area contributed by atoms with Crippen molar-refractivity contribution in [2.45, 2.75) is 13.3 Å². The van der Waals surface area contributed by atoms with Gasteiger partial charge in [-0.15, -0.1) is 0 Å². The van der Waals surface area contributed by atoms with Gasteiger partial charge in [0.2, 0.25) is 5.78 Å². The van der Waals surface area contributed by atoms with Crippen molar-refractivity contribution >= 4 is 17.8 Å². The molecule has 32 heavy (non-hydrogen) atoms. The first-order valence-corrected chi connectivity index (χ1v) is 10.2. The molecule has 162 valence electrons. The molecule has 1 aliphatic heterocycles. The molecule has 6 nitrogen and oxygen atoms in total. The lowest BCUT2D eigenvalue weighted by Gasteiger charge is -2.07. The van der Waals surface area contributed by atoms with Crippen LogP contribution < -0.4 is 18.9 Å². The van der Waals surface area contributed by atoms with Crippen molar-refractivity contribution in [3.05, 3.63) is 89.2 Å². The number of allylic oxidation sites excluding steroid dienone is 1. The second-order valence-corrected chi connectivity index (χ2v) is 7.07. The predicted octanol–water partition coefficient (Wildman–Crippen LogP) is 4.86. The molecule has 1 aliphatic rings. The van der Waals surface area contributed by atoms with Crippen LogP contribution in [0.5, 0.6) is 23.0 Å². The summed E-state index contributed by atoms with van der Waals surface area (Å²) in [6, 6.07) is 19.3. The Morgan fingerprint density at radius 3 is 2.50 bits per heavy atom. The van der Waals surface area contributed by atoms with E-state index >= 15 is 0 Å². The highest BCUT2D eigenvalue weighted by molar-refractivity contribution is 6.14. The fraction of sp³-hybridized carbons (Fsp3) is 0.154. The number of carbonyl (C=O) groups excluding carboxylic acids is 2. The van der Waals surface area contributed by atoms with Gasteiger partial charge in [0.25, 0.3) is 0 Å². The van der Waals surface area contributed by atoms with Crippen molar-refractivity contribution in [3.8, 4) is 23.0 Å². The highest BCUT2D eigenvalue weighted by atomic mass is 16.5. The van der Waals surface area contributed by atoms with Gasteiger partial charge in [-0.25, -0.2) is 0 Å². The summed E-state index contributed by atoms with van der Waals surface area (Å²) in [4.78, 5) is 25.1. The van der Waals surface area contributed by atoms with Gasteiger partial charge in [-0.1, -0.05) is 30.3 Å². The number of Topliss-reactive ketones (excluding diaryl/α,β-unsaturated/α-hetero) is 1. The zero-order chi connectivity index (χ0) is 22.5. The van der Waals surface area contributed by atoms with Crippen molar-refractivity contribution in [2.75, 3.05) is 13.7 Å². The third-order valence-electron chi connectivity index (χ3n) is 4.89. The Morgan fingerprint density at radius 1 is 1.00 bits per heavy atom. The first-order chi connectivity index (χ1) is 15.6. The van der Waals surface area contributed by atoms with Crippen LogP contribution in [0.15, 0.2) is 72.5 Å². The summed E-state index contributed by atoms with van der Waals surface area (Å²) in [5, 5.41) is 0. The first-order valence-electron chi connectivity index (χ1n) is 10.2. The highest BCUT2D eigenvalue weighted by Crippen LogP contribution is 2.35. The number of hydrogen-bond acceptors (Lipinski definition) is 6. The third kappa shape index (κ3) is 4.64. The van der Waals surface area contributed by atoms with Crippen LogP contribution in [0.4, 0.5) is 0 Å². The Morgan fingerprint density at radius 2 is 1.75 bits per heavy atom. The SMILES string of the molecule is CCOc1ccccc1/C=C1\Oc2cc(OC(=O)Cc3ccc(OC)cc3)ccc2C1=O. The Labute approximate surface area is 186 Å². The summed E-state index contributed by atoms with van der Waals surface area (Å²) in [6.07, 6.45) is 1.77. The van der Waals surface area contributed by atoms with Crippen molar-refractivity contribution in [1.29, 1.82) is 0 Å². The lowest BCUT2D eigenvalue weighted by atomic mass is 10.1. The predicted molar refractivity (Wildman–Crippen MR) is 119 cm³/mol. The molecule has 0 fully saturated rings. The summed E-state index contributed by atoms with van der Waals surface area (Å²) < 4.78 is 21.9. The van der Waals surface area contributed by atoms with E-state index in [2.05, 4.69) is 0 Å². The minimum absolute atomic E-state index is 0.111. The van der Waals surface area contributed by atoms with Gasteiger partial charge >= 0.3 is 5.97 Å². The van der Waals surface area contributed by atoms with Crippen LogP contribution in [0.2, 0.25) is 0 Å². The van der Waals surface area contributed by atoms with E-state index in [0.717, 1.165) is 16.9 Å². The van der Waals surface area contributed by atoms with Gasteiger partial charge in [-0.05, 0) is 48.9 Å². The lowest BCUT2D eigenvalue weighted by Crippen LogP contribution is -2.11. The number of rotatable bonds is 7. The minimum atomic E-state index is -0.416. The van der Waals surface area contributed by atoms with Gasteiger partial charge in [-0.2, -0.15) is 0 Å². The fourth-order valence-electron chi connectivity index (χ4n) is 3.34. The zero-order valence-corrected chi connectivity index (χ0v) is 17.8. The molecule has 0 atom stereocenters. The van der Waals surface area contributed by atoms with E-state index in [1.807, 2.05) is 43.3 Å². The highest BCUT2D eigenvalue weighted by Gasteiger charge is 2.28. The van der Waals surface area contributed by atoms with E-state index in [-0.39, 0.29) is 18.0 Å². The lowest BCUT2D eigenvalue weighted by molar-refractivity contribution is -0.133. The maximum Gasteiger partial charge on any atom is 0.315 e. The maximum atomic E-state index is 12.7. The maximum absolute atomic E-state index is 12.7. The van der Waals surface area contributed by atoms with Gasteiger partial charge in [0, 0.05) is 11.6 Å². The van der Waals surface area contributed by atoms with E-state index in [4.69, 9.17) is 18.9 Å². The number of para-hydroxylation sites is 1. The van der Waals surface area contributed by atoms with Crippen molar-refractivity contribution < 1.29 is 28.5 Å². The van der Waals surface area contributed by atoms with Gasteiger partial charge in [0.05, 0.1) is 25.7 Å². The quantitative estimate of drug-likeness (QED) is 0.303. The molecule has 3 aromatic rings. The zero-order valence-electron chi connectivity index (χ0n) is 17.8.